The maximum Gasteiger partial charge on any atom is 0.330 e. The van der Waals surface area contributed by atoms with Gasteiger partial charge in [-0.3, -0.25) is 9.69 Å². The van der Waals surface area contributed by atoms with Crippen LogP contribution in [0.25, 0.3) is 10.9 Å². The summed E-state index contributed by atoms with van der Waals surface area (Å²) >= 11 is 0. The van der Waals surface area contributed by atoms with Crippen molar-refractivity contribution < 1.29 is 18.7 Å². The number of rotatable bonds is 5. The van der Waals surface area contributed by atoms with Crippen LogP contribution in [0.3, 0.4) is 0 Å². The largest absolute Gasteiger partial charge is 0.468 e. The summed E-state index contributed by atoms with van der Waals surface area (Å²) in [6.07, 6.45) is 0.748. The number of halogens is 1. The first-order valence-corrected chi connectivity index (χ1v) is 9.44. The van der Waals surface area contributed by atoms with Crippen molar-refractivity contribution in [2.45, 2.75) is 18.5 Å². The summed E-state index contributed by atoms with van der Waals surface area (Å²) in [5.74, 6) is -1.49. The molecule has 1 aliphatic rings. The number of H-pyrrole nitrogens is 1. The lowest BCUT2D eigenvalue weighted by Gasteiger charge is -2.36. The zero-order valence-electron chi connectivity index (χ0n) is 16.0. The molecule has 0 aliphatic carbocycles. The van der Waals surface area contributed by atoms with Gasteiger partial charge in [-0.15, -0.1) is 0 Å². The Kier molecular flexibility index (Phi) is 5.17. The van der Waals surface area contributed by atoms with E-state index in [0.29, 0.717) is 6.54 Å². The number of carbonyl (C=O) groups excluding carboxylic acids is 2. The van der Waals surface area contributed by atoms with Gasteiger partial charge in [-0.1, -0.05) is 30.3 Å². The molecule has 0 fully saturated rings. The van der Waals surface area contributed by atoms with Gasteiger partial charge in [0.05, 0.1) is 19.7 Å². The topological polar surface area (TPSA) is 88.4 Å². The van der Waals surface area contributed by atoms with Crippen LogP contribution in [0.4, 0.5) is 4.39 Å². The molecule has 2 atom stereocenters. The molecule has 2 heterocycles. The van der Waals surface area contributed by atoms with Gasteiger partial charge in [0.15, 0.2) is 11.8 Å². The molecule has 3 N–H and O–H groups in total. The maximum atomic E-state index is 13.5. The fourth-order valence-electron chi connectivity index (χ4n) is 4.04. The lowest BCUT2D eigenvalue weighted by Crippen LogP contribution is -2.47. The third-order valence-electron chi connectivity index (χ3n) is 5.48. The Hall–Kier alpha value is -3.03. The van der Waals surface area contributed by atoms with Gasteiger partial charge >= 0.3 is 5.97 Å². The monoisotopic (exact) mass is 395 g/mol. The second-order valence-electron chi connectivity index (χ2n) is 7.20. The second kappa shape index (κ2) is 7.77. The number of esters is 1. The van der Waals surface area contributed by atoms with Gasteiger partial charge in [-0.25, -0.2) is 9.18 Å². The lowest BCUT2D eigenvalue weighted by atomic mass is 9.92. The highest BCUT2D eigenvalue weighted by Crippen LogP contribution is 2.38. The predicted octanol–water partition coefficient (Wildman–Crippen LogP) is 2.32. The molecule has 0 bridgehead atoms. The third-order valence-corrected chi connectivity index (χ3v) is 5.48. The van der Waals surface area contributed by atoms with E-state index in [9.17, 15) is 14.0 Å². The summed E-state index contributed by atoms with van der Waals surface area (Å²) in [6.45, 7) is 0.601. The van der Waals surface area contributed by atoms with Gasteiger partial charge < -0.3 is 15.5 Å². The molecule has 6 nitrogen and oxygen atoms in total. The number of carbonyl (C=O) groups is 2. The first-order valence-electron chi connectivity index (χ1n) is 9.44. The molecule has 29 heavy (non-hydrogen) atoms. The number of ether oxygens (including phenoxy) is 1. The van der Waals surface area contributed by atoms with E-state index in [0.717, 1.165) is 28.6 Å². The van der Waals surface area contributed by atoms with Crippen LogP contribution in [0, 0.1) is 5.82 Å². The Labute approximate surface area is 167 Å². The van der Waals surface area contributed by atoms with Crippen molar-refractivity contribution in [1.82, 2.24) is 9.88 Å². The Morgan fingerprint density at radius 1 is 1.24 bits per heavy atom. The normalized spacial score (nSPS) is 17.7. The minimum absolute atomic E-state index is 0.00683. The van der Waals surface area contributed by atoms with Crippen LogP contribution in [0.2, 0.25) is 0 Å². The number of nitrogens with two attached hydrogens (primary N) is 1. The molecule has 0 amide bonds. The first-order chi connectivity index (χ1) is 14.0. The van der Waals surface area contributed by atoms with Crippen molar-refractivity contribution in [2.75, 3.05) is 20.2 Å². The number of hydrogen-bond acceptors (Lipinski definition) is 5. The van der Waals surface area contributed by atoms with Gasteiger partial charge in [0.25, 0.3) is 0 Å². The van der Waals surface area contributed by atoms with Crippen LogP contribution in [0.5, 0.6) is 0 Å². The van der Waals surface area contributed by atoms with Crippen LogP contribution >= 0.6 is 0 Å². The molecule has 1 aliphatic heterocycles. The van der Waals surface area contributed by atoms with Gasteiger partial charge in [0.2, 0.25) is 0 Å². The fraction of sp³-hybridized carbons (Fsp3) is 0.273. The second-order valence-corrected chi connectivity index (χ2v) is 7.20. The van der Waals surface area contributed by atoms with Crippen LogP contribution in [0.1, 0.15) is 22.9 Å². The van der Waals surface area contributed by atoms with E-state index < -0.39 is 17.8 Å². The maximum absolute atomic E-state index is 13.5. The highest BCUT2D eigenvalue weighted by Gasteiger charge is 2.34. The summed E-state index contributed by atoms with van der Waals surface area (Å²) in [5, 5.41) is 1.15. The number of aromatic nitrogens is 1. The number of Topliss-reactive ketones (excluding diaryl/α,β-unsaturated/α-hetero) is 1. The summed E-state index contributed by atoms with van der Waals surface area (Å²) < 4.78 is 18.1. The number of nitrogens with one attached hydrogen (secondary N) is 1. The SMILES string of the molecule is COC(=O)C(N)C(=O)CN1CCc2c([nH]c3ccccc23)C1c1ccc(F)cc1. The van der Waals surface area contributed by atoms with Gasteiger partial charge in [-0.2, -0.15) is 0 Å². The third kappa shape index (κ3) is 3.54. The molecule has 0 spiro atoms. The van der Waals surface area contributed by atoms with E-state index in [1.807, 2.05) is 23.1 Å². The minimum atomic E-state index is -1.32. The van der Waals surface area contributed by atoms with E-state index in [-0.39, 0.29) is 18.4 Å². The number of hydrogen-bond donors (Lipinski definition) is 2. The number of para-hydroxylation sites is 1. The van der Waals surface area contributed by atoms with Crippen molar-refractivity contribution >= 4 is 22.7 Å². The van der Waals surface area contributed by atoms with Gasteiger partial charge in [-0.05, 0) is 35.7 Å². The van der Waals surface area contributed by atoms with Crippen molar-refractivity contribution in [3.63, 3.8) is 0 Å². The Morgan fingerprint density at radius 2 is 1.97 bits per heavy atom. The highest BCUT2D eigenvalue weighted by atomic mass is 19.1. The van der Waals surface area contributed by atoms with Crippen LogP contribution < -0.4 is 5.73 Å². The zero-order valence-corrected chi connectivity index (χ0v) is 16.0. The van der Waals surface area contributed by atoms with Gasteiger partial charge in [0.1, 0.15) is 5.82 Å². The molecule has 2 aromatic carbocycles. The number of methoxy groups -OCH3 is 1. The molecular weight excluding hydrogens is 373 g/mol. The van der Waals surface area contributed by atoms with E-state index in [4.69, 9.17) is 5.73 Å². The molecule has 3 aromatic rings. The van der Waals surface area contributed by atoms with Crippen molar-refractivity contribution in [1.29, 1.82) is 0 Å². The average Bonchev–Trinajstić information content (AvgIpc) is 3.12. The van der Waals surface area contributed by atoms with Crippen molar-refractivity contribution in [3.8, 4) is 0 Å². The number of aromatic amines is 1. The molecule has 4 rings (SSSR count). The summed E-state index contributed by atoms with van der Waals surface area (Å²) in [6, 6.07) is 12.7. The fourth-order valence-corrected chi connectivity index (χ4v) is 4.04. The standard InChI is InChI=1S/C22H22FN3O3/c1-29-22(28)19(24)18(27)12-26-11-10-16-15-4-2-3-5-17(15)25-20(16)21(26)13-6-8-14(23)9-7-13/h2-9,19,21,25H,10-12,24H2,1H3. The summed E-state index contributed by atoms with van der Waals surface area (Å²) in [7, 11) is 1.20. The number of fused-ring (bicyclic) bond motifs is 3. The van der Waals surface area contributed by atoms with E-state index in [2.05, 4.69) is 15.8 Å². The number of nitrogens with zero attached hydrogens (tertiary/aromatic N) is 1. The predicted molar refractivity (Wildman–Crippen MR) is 107 cm³/mol. The molecule has 0 saturated carbocycles. The van der Waals surface area contributed by atoms with E-state index >= 15 is 0 Å². The first kappa shape index (κ1) is 19.3. The van der Waals surface area contributed by atoms with Gasteiger partial charge in [0, 0.05) is 23.1 Å². The Bertz CT molecular complexity index is 1060. The smallest absolute Gasteiger partial charge is 0.330 e. The van der Waals surface area contributed by atoms with Crippen molar-refractivity contribution in [2.24, 2.45) is 5.73 Å². The summed E-state index contributed by atoms with van der Waals surface area (Å²) in [4.78, 5) is 29.7. The van der Waals surface area contributed by atoms with Crippen LogP contribution in [-0.2, 0) is 20.7 Å². The molecule has 2 unspecified atom stereocenters. The number of ketones is 1. The Balaban J connectivity index is 1.74. The average molecular weight is 395 g/mol. The van der Waals surface area contributed by atoms with E-state index in [1.165, 1.54) is 24.8 Å². The molecule has 0 radical (unpaired) electrons. The molecule has 0 saturated heterocycles. The highest BCUT2D eigenvalue weighted by molar-refractivity contribution is 6.03. The Morgan fingerprint density at radius 3 is 2.69 bits per heavy atom. The zero-order chi connectivity index (χ0) is 20.5. The quantitative estimate of drug-likeness (QED) is 0.511. The van der Waals surface area contributed by atoms with Crippen LogP contribution in [-0.4, -0.2) is 47.9 Å². The minimum Gasteiger partial charge on any atom is -0.468 e. The van der Waals surface area contributed by atoms with E-state index in [1.54, 1.807) is 12.1 Å². The molecule has 150 valence electrons. The number of benzene rings is 2. The molecule has 1 aromatic heterocycles. The summed E-state index contributed by atoms with van der Waals surface area (Å²) in [5.41, 5.74) is 9.78. The van der Waals surface area contributed by atoms with Crippen molar-refractivity contribution in [3.05, 3.63) is 71.2 Å². The molecular formula is C22H22FN3O3. The van der Waals surface area contributed by atoms with Crippen LogP contribution in [0.15, 0.2) is 48.5 Å². The molecule has 7 heteroatoms. The lowest BCUT2D eigenvalue weighted by molar-refractivity contribution is -0.145.